The van der Waals surface area contributed by atoms with Crippen LogP contribution in [-0.2, 0) is 11.3 Å². The van der Waals surface area contributed by atoms with Crippen molar-refractivity contribution in [2.45, 2.75) is 32.3 Å². The fourth-order valence-electron chi connectivity index (χ4n) is 1.85. The SMILES string of the molecule is NNC(=O)c1ccc(COCCC2CCC2)o1. The van der Waals surface area contributed by atoms with Gasteiger partial charge in [-0.15, -0.1) is 0 Å². The third-order valence-electron chi connectivity index (χ3n) is 3.16. The molecular weight excluding hydrogens is 220 g/mol. The van der Waals surface area contributed by atoms with E-state index in [9.17, 15) is 4.79 Å². The van der Waals surface area contributed by atoms with Crippen LogP contribution in [-0.4, -0.2) is 12.5 Å². The topological polar surface area (TPSA) is 77.5 Å². The second-order valence-corrected chi connectivity index (χ2v) is 4.38. The molecule has 0 radical (unpaired) electrons. The molecule has 1 heterocycles. The average molecular weight is 238 g/mol. The molecule has 1 fully saturated rings. The van der Waals surface area contributed by atoms with Crippen LogP contribution >= 0.6 is 0 Å². The van der Waals surface area contributed by atoms with Crippen molar-refractivity contribution in [3.8, 4) is 0 Å². The van der Waals surface area contributed by atoms with E-state index in [4.69, 9.17) is 15.0 Å². The monoisotopic (exact) mass is 238 g/mol. The molecule has 0 saturated heterocycles. The first-order chi connectivity index (χ1) is 8.29. The van der Waals surface area contributed by atoms with Gasteiger partial charge in [0.05, 0.1) is 0 Å². The van der Waals surface area contributed by atoms with Crippen molar-refractivity contribution in [1.82, 2.24) is 5.43 Å². The number of ether oxygens (including phenoxy) is 1. The van der Waals surface area contributed by atoms with Crippen LogP contribution < -0.4 is 11.3 Å². The van der Waals surface area contributed by atoms with E-state index in [0.717, 1.165) is 18.9 Å². The summed E-state index contributed by atoms with van der Waals surface area (Å²) in [5, 5.41) is 0. The Hall–Kier alpha value is -1.33. The second-order valence-electron chi connectivity index (χ2n) is 4.38. The number of furan rings is 1. The molecule has 94 valence electrons. The summed E-state index contributed by atoms with van der Waals surface area (Å²) >= 11 is 0. The van der Waals surface area contributed by atoms with Crippen molar-refractivity contribution in [3.05, 3.63) is 23.7 Å². The van der Waals surface area contributed by atoms with Crippen LogP contribution in [0.3, 0.4) is 0 Å². The molecule has 5 nitrogen and oxygen atoms in total. The van der Waals surface area contributed by atoms with Crippen molar-refractivity contribution < 1.29 is 13.9 Å². The number of carbonyl (C=O) groups excluding carboxylic acids is 1. The Morgan fingerprint density at radius 2 is 2.35 bits per heavy atom. The minimum atomic E-state index is -0.425. The number of hydrogen-bond acceptors (Lipinski definition) is 4. The summed E-state index contributed by atoms with van der Waals surface area (Å²) in [6.07, 6.45) is 5.16. The summed E-state index contributed by atoms with van der Waals surface area (Å²) in [5.74, 6) is 6.29. The Morgan fingerprint density at radius 1 is 1.53 bits per heavy atom. The molecule has 1 aliphatic rings. The summed E-state index contributed by atoms with van der Waals surface area (Å²) in [7, 11) is 0. The molecule has 1 aromatic rings. The summed E-state index contributed by atoms with van der Waals surface area (Å²) in [6, 6.07) is 3.32. The summed E-state index contributed by atoms with van der Waals surface area (Å²) in [4.78, 5) is 11.1. The molecule has 0 spiro atoms. The molecule has 5 heteroatoms. The lowest BCUT2D eigenvalue weighted by Gasteiger charge is -2.24. The summed E-state index contributed by atoms with van der Waals surface area (Å²) in [5.41, 5.74) is 2.02. The second kappa shape index (κ2) is 5.84. The van der Waals surface area contributed by atoms with E-state index in [2.05, 4.69) is 0 Å². The van der Waals surface area contributed by atoms with Crippen LogP contribution in [0.15, 0.2) is 16.5 Å². The highest BCUT2D eigenvalue weighted by Gasteiger charge is 2.16. The van der Waals surface area contributed by atoms with E-state index in [1.54, 1.807) is 12.1 Å². The van der Waals surface area contributed by atoms with Crippen molar-refractivity contribution >= 4 is 5.91 Å². The van der Waals surface area contributed by atoms with Crippen LogP contribution in [0.2, 0.25) is 0 Å². The van der Waals surface area contributed by atoms with Gasteiger partial charge in [-0.2, -0.15) is 0 Å². The van der Waals surface area contributed by atoms with Gasteiger partial charge < -0.3 is 9.15 Å². The average Bonchev–Trinajstić information content (AvgIpc) is 2.74. The minimum Gasteiger partial charge on any atom is -0.453 e. The lowest BCUT2D eigenvalue weighted by atomic mass is 9.83. The third kappa shape index (κ3) is 3.31. The smallest absolute Gasteiger partial charge is 0.300 e. The maximum absolute atomic E-state index is 11.1. The van der Waals surface area contributed by atoms with Crippen molar-refractivity contribution in [2.75, 3.05) is 6.61 Å². The zero-order chi connectivity index (χ0) is 12.1. The molecule has 1 saturated carbocycles. The van der Waals surface area contributed by atoms with Gasteiger partial charge in [0, 0.05) is 6.61 Å². The van der Waals surface area contributed by atoms with Gasteiger partial charge in [0.1, 0.15) is 12.4 Å². The lowest BCUT2D eigenvalue weighted by molar-refractivity contribution is 0.0803. The van der Waals surface area contributed by atoms with E-state index < -0.39 is 5.91 Å². The van der Waals surface area contributed by atoms with E-state index in [-0.39, 0.29) is 5.76 Å². The molecule has 3 N–H and O–H groups in total. The zero-order valence-electron chi connectivity index (χ0n) is 9.78. The van der Waals surface area contributed by atoms with E-state index in [1.165, 1.54) is 19.3 Å². The standard InChI is InChI=1S/C12H18N2O3/c13-14-12(15)11-5-4-10(17-11)8-16-7-6-9-2-1-3-9/h4-5,9H,1-3,6-8,13H2,(H,14,15). The number of amides is 1. The number of carbonyl (C=O) groups is 1. The molecule has 1 aromatic heterocycles. The third-order valence-corrected chi connectivity index (χ3v) is 3.16. The van der Waals surface area contributed by atoms with Crippen LogP contribution in [0, 0.1) is 5.92 Å². The van der Waals surface area contributed by atoms with Gasteiger partial charge >= 0.3 is 5.91 Å². The predicted octanol–water partition coefficient (Wildman–Crippen LogP) is 1.59. The first-order valence-electron chi connectivity index (χ1n) is 5.97. The number of hydrogen-bond donors (Lipinski definition) is 2. The van der Waals surface area contributed by atoms with Gasteiger partial charge in [-0.3, -0.25) is 10.2 Å². The Bertz CT molecular complexity index is 372. The molecule has 1 aliphatic carbocycles. The number of hydrazine groups is 1. The van der Waals surface area contributed by atoms with Crippen LogP contribution in [0.1, 0.15) is 42.0 Å². The summed E-state index contributed by atoms with van der Waals surface area (Å²) < 4.78 is 10.8. The van der Waals surface area contributed by atoms with Gasteiger partial charge in [-0.05, 0) is 24.5 Å². The lowest BCUT2D eigenvalue weighted by Crippen LogP contribution is -2.29. The molecule has 0 aliphatic heterocycles. The molecule has 0 bridgehead atoms. The van der Waals surface area contributed by atoms with Gasteiger partial charge in [-0.1, -0.05) is 19.3 Å². The number of nitrogens with two attached hydrogens (primary N) is 1. The van der Waals surface area contributed by atoms with Gasteiger partial charge in [0.25, 0.3) is 0 Å². The summed E-state index contributed by atoms with van der Waals surface area (Å²) in [6.45, 7) is 1.16. The highest BCUT2D eigenvalue weighted by molar-refractivity contribution is 5.90. The van der Waals surface area contributed by atoms with Crippen LogP contribution in [0.5, 0.6) is 0 Å². The number of nitrogens with one attached hydrogen (secondary N) is 1. The minimum absolute atomic E-state index is 0.213. The van der Waals surface area contributed by atoms with Crippen LogP contribution in [0.25, 0.3) is 0 Å². The largest absolute Gasteiger partial charge is 0.453 e. The normalized spacial score (nSPS) is 15.6. The first-order valence-corrected chi connectivity index (χ1v) is 5.97. The fourth-order valence-corrected chi connectivity index (χ4v) is 1.85. The number of nitrogen functional groups attached to an aromatic ring is 1. The first kappa shape index (κ1) is 12.1. The maximum Gasteiger partial charge on any atom is 0.300 e. The van der Waals surface area contributed by atoms with E-state index >= 15 is 0 Å². The van der Waals surface area contributed by atoms with E-state index in [1.807, 2.05) is 5.43 Å². The van der Waals surface area contributed by atoms with E-state index in [0.29, 0.717) is 12.4 Å². The molecule has 0 unspecified atom stereocenters. The molecule has 1 amide bonds. The molecule has 0 aromatic carbocycles. The zero-order valence-corrected chi connectivity index (χ0v) is 9.78. The van der Waals surface area contributed by atoms with Gasteiger partial charge in [0.15, 0.2) is 5.76 Å². The maximum atomic E-state index is 11.1. The molecule has 2 rings (SSSR count). The Morgan fingerprint density at radius 3 is 3.00 bits per heavy atom. The predicted molar refractivity (Wildman–Crippen MR) is 62.0 cm³/mol. The van der Waals surface area contributed by atoms with Crippen molar-refractivity contribution in [2.24, 2.45) is 11.8 Å². The Kier molecular flexibility index (Phi) is 4.17. The van der Waals surface area contributed by atoms with Gasteiger partial charge in [-0.25, -0.2) is 5.84 Å². The molecule has 0 atom stereocenters. The van der Waals surface area contributed by atoms with Crippen LogP contribution in [0.4, 0.5) is 0 Å². The highest BCUT2D eigenvalue weighted by atomic mass is 16.5. The Labute approximate surface area is 100 Å². The van der Waals surface area contributed by atoms with Crippen molar-refractivity contribution in [1.29, 1.82) is 0 Å². The van der Waals surface area contributed by atoms with Gasteiger partial charge in [0.2, 0.25) is 0 Å². The molecular formula is C12H18N2O3. The quantitative estimate of drug-likeness (QED) is 0.341. The Balaban J connectivity index is 1.67. The van der Waals surface area contributed by atoms with Crippen molar-refractivity contribution in [3.63, 3.8) is 0 Å². The molecule has 17 heavy (non-hydrogen) atoms. The fraction of sp³-hybridized carbons (Fsp3) is 0.583. The highest BCUT2D eigenvalue weighted by Crippen LogP contribution is 2.29. The number of rotatable bonds is 6.